The summed E-state index contributed by atoms with van der Waals surface area (Å²) >= 11 is 1.37. The summed E-state index contributed by atoms with van der Waals surface area (Å²) in [4.78, 5) is 12.8. The zero-order chi connectivity index (χ0) is 14.7. The lowest BCUT2D eigenvalue weighted by Crippen LogP contribution is -2.27. The van der Waals surface area contributed by atoms with Gasteiger partial charge < -0.3 is 11.1 Å². The number of nitriles is 1. The van der Waals surface area contributed by atoms with Gasteiger partial charge >= 0.3 is 0 Å². The predicted molar refractivity (Wildman–Crippen MR) is 75.7 cm³/mol. The maximum Gasteiger partial charge on any atom is 0.246 e. The number of nitrogens with two attached hydrogens (primary N) is 1. The van der Waals surface area contributed by atoms with Gasteiger partial charge in [-0.3, -0.25) is 4.79 Å². The van der Waals surface area contributed by atoms with Crippen molar-refractivity contribution in [2.75, 3.05) is 5.32 Å². The fraction of sp³-hybridized carbons (Fsp3) is 0.143. The van der Waals surface area contributed by atoms with Gasteiger partial charge in [0.15, 0.2) is 0 Å². The van der Waals surface area contributed by atoms with Gasteiger partial charge in [-0.15, -0.1) is 11.3 Å². The lowest BCUT2D eigenvalue weighted by Gasteiger charge is -2.13. The third kappa shape index (κ3) is 2.85. The first-order chi connectivity index (χ1) is 9.52. The number of benzene rings is 1. The normalized spacial score (nSPS) is 11.7. The van der Waals surface area contributed by atoms with Gasteiger partial charge in [-0.1, -0.05) is 6.07 Å². The van der Waals surface area contributed by atoms with Crippen LogP contribution in [-0.4, -0.2) is 5.91 Å². The molecule has 0 saturated heterocycles. The lowest BCUT2D eigenvalue weighted by molar-refractivity contribution is -0.117. The molecule has 102 valence electrons. The number of nitrogens with zero attached hydrogens (tertiary/aromatic N) is 1. The Hall–Kier alpha value is -2.23. The summed E-state index contributed by atoms with van der Waals surface area (Å²) in [6.07, 6.45) is 0. The van der Waals surface area contributed by atoms with Crippen molar-refractivity contribution in [1.29, 1.82) is 5.26 Å². The molecule has 1 heterocycles. The van der Waals surface area contributed by atoms with Crippen LogP contribution in [0.25, 0.3) is 0 Å². The van der Waals surface area contributed by atoms with Gasteiger partial charge in [-0.05, 0) is 30.5 Å². The predicted octanol–water partition coefficient (Wildman–Crippen LogP) is 2.71. The van der Waals surface area contributed by atoms with Crippen LogP contribution in [0.2, 0.25) is 0 Å². The second-order valence-electron chi connectivity index (χ2n) is 4.22. The summed E-state index contributed by atoms with van der Waals surface area (Å²) < 4.78 is 13.6. The highest BCUT2D eigenvalue weighted by Gasteiger charge is 2.18. The summed E-state index contributed by atoms with van der Waals surface area (Å²) in [5.74, 6) is -0.978. The van der Waals surface area contributed by atoms with Gasteiger partial charge in [0.25, 0.3) is 0 Å². The fourth-order valence-electron chi connectivity index (χ4n) is 1.68. The van der Waals surface area contributed by atoms with Crippen LogP contribution in [0.5, 0.6) is 0 Å². The molecule has 2 rings (SSSR count). The summed E-state index contributed by atoms with van der Waals surface area (Å²) in [6.45, 7) is 1.53. The molecule has 1 atom stereocenters. The van der Waals surface area contributed by atoms with E-state index >= 15 is 0 Å². The Balaban J connectivity index is 2.24. The molecule has 0 radical (unpaired) electrons. The van der Waals surface area contributed by atoms with Gasteiger partial charge in [0.2, 0.25) is 5.91 Å². The maximum absolute atomic E-state index is 13.6. The van der Waals surface area contributed by atoms with Gasteiger partial charge in [0.1, 0.15) is 11.9 Å². The Bertz CT molecular complexity index is 676. The van der Waals surface area contributed by atoms with E-state index in [1.54, 1.807) is 12.1 Å². The fourth-order valence-corrected chi connectivity index (χ4v) is 2.41. The van der Waals surface area contributed by atoms with Crippen LogP contribution < -0.4 is 11.1 Å². The molecule has 20 heavy (non-hydrogen) atoms. The molecule has 0 saturated carbocycles. The summed E-state index contributed by atoms with van der Waals surface area (Å²) in [5, 5.41) is 13.2. The SMILES string of the molecule is Cc1c(F)cc(C#N)cc1NC(=O)C(N)c1cccs1. The Kier molecular flexibility index (Phi) is 4.13. The van der Waals surface area contributed by atoms with E-state index < -0.39 is 17.8 Å². The zero-order valence-corrected chi connectivity index (χ0v) is 11.5. The number of carbonyl (C=O) groups is 1. The van der Waals surface area contributed by atoms with E-state index in [1.807, 2.05) is 11.4 Å². The minimum atomic E-state index is -0.816. The van der Waals surface area contributed by atoms with Crippen molar-refractivity contribution in [2.24, 2.45) is 5.73 Å². The molecule has 0 aliphatic carbocycles. The first kappa shape index (κ1) is 14.2. The van der Waals surface area contributed by atoms with Crippen molar-refractivity contribution in [3.05, 3.63) is 51.5 Å². The van der Waals surface area contributed by atoms with Crippen molar-refractivity contribution in [3.63, 3.8) is 0 Å². The molecular weight excluding hydrogens is 277 g/mol. The topological polar surface area (TPSA) is 78.9 Å². The molecule has 0 aliphatic heterocycles. The number of anilines is 1. The van der Waals surface area contributed by atoms with Gasteiger partial charge in [0, 0.05) is 16.1 Å². The molecule has 4 nitrogen and oxygen atoms in total. The van der Waals surface area contributed by atoms with E-state index in [2.05, 4.69) is 5.32 Å². The van der Waals surface area contributed by atoms with Crippen molar-refractivity contribution < 1.29 is 9.18 Å². The number of hydrogen-bond donors (Lipinski definition) is 2. The molecule has 0 fully saturated rings. The van der Waals surface area contributed by atoms with Gasteiger partial charge in [0.05, 0.1) is 11.6 Å². The molecule has 6 heteroatoms. The number of halogens is 1. The van der Waals surface area contributed by atoms with E-state index in [9.17, 15) is 9.18 Å². The third-order valence-corrected chi connectivity index (χ3v) is 3.82. The Morgan fingerprint density at radius 1 is 1.55 bits per heavy atom. The van der Waals surface area contributed by atoms with Gasteiger partial charge in [-0.2, -0.15) is 5.26 Å². The van der Waals surface area contributed by atoms with E-state index in [-0.39, 0.29) is 16.8 Å². The Morgan fingerprint density at radius 3 is 2.90 bits per heavy atom. The van der Waals surface area contributed by atoms with Crippen LogP contribution in [0.15, 0.2) is 29.6 Å². The summed E-state index contributed by atoms with van der Waals surface area (Å²) in [7, 11) is 0. The molecule has 1 unspecified atom stereocenters. The maximum atomic E-state index is 13.6. The van der Waals surface area contributed by atoms with Crippen LogP contribution in [0, 0.1) is 24.1 Å². The quantitative estimate of drug-likeness (QED) is 0.911. The summed E-state index contributed by atoms with van der Waals surface area (Å²) in [6, 6.07) is 7.14. The van der Waals surface area contributed by atoms with Crippen LogP contribution >= 0.6 is 11.3 Å². The number of nitrogens with one attached hydrogen (secondary N) is 1. The molecule has 0 spiro atoms. The number of thiophene rings is 1. The highest BCUT2D eigenvalue weighted by molar-refractivity contribution is 7.10. The number of rotatable bonds is 3. The molecule has 1 amide bonds. The van der Waals surface area contributed by atoms with Crippen molar-refractivity contribution in [2.45, 2.75) is 13.0 Å². The van der Waals surface area contributed by atoms with Crippen LogP contribution in [0.1, 0.15) is 22.0 Å². The second kappa shape index (κ2) is 5.82. The monoisotopic (exact) mass is 289 g/mol. The largest absolute Gasteiger partial charge is 0.324 e. The first-order valence-electron chi connectivity index (χ1n) is 5.83. The molecule has 0 bridgehead atoms. The number of hydrogen-bond acceptors (Lipinski definition) is 4. The standard InChI is InChI=1S/C14H12FN3OS/c1-8-10(15)5-9(7-16)6-11(8)18-14(19)13(17)12-3-2-4-20-12/h2-6,13H,17H2,1H3,(H,18,19). The van der Waals surface area contributed by atoms with Crippen LogP contribution in [0.3, 0.4) is 0 Å². The average Bonchev–Trinajstić information content (AvgIpc) is 2.96. The number of carbonyl (C=O) groups excluding carboxylic acids is 1. The third-order valence-electron chi connectivity index (χ3n) is 2.86. The Morgan fingerprint density at radius 2 is 2.30 bits per heavy atom. The highest BCUT2D eigenvalue weighted by Crippen LogP contribution is 2.23. The number of amides is 1. The van der Waals surface area contributed by atoms with Crippen LogP contribution in [0.4, 0.5) is 10.1 Å². The van der Waals surface area contributed by atoms with Crippen LogP contribution in [-0.2, 0) is 4.79 Å². The molecule has 2 aromatic rings. The smallest absolute Gasteiger partial charge is 0.246 e. The van der Waals surface area contributed by atoms with E-state index in [1.165, 1.54) is 24.3 Å². The van der Waals surface area contributed by atoms with E-state index in [4.69, 9.17) is 11.0 Å². The van der Waals surface area contributed by atoms with Crippen molar-refractivity contribution in [3.8, 4) is 6.07 Å². The van der Waals surface area contributed by atoms with Gasteiger partial charge in [-0.25, -0.2) is 4.39 Å². The molecular formula is C14H12FN3OS. The minimum Gasteiger partial charge on any atom is -0.324 e. The summed E-state index contributed by atoms with van der Waals surface area (Å²) in [5.41, 5.74) is 6.51. The highest BCUT2D eigenvalue weighted by atomic mass is 32.1. The second-order valence-corrected chi connectivity index (χ2v) is 5.20. The zero-order valence-electron chi connectivity index (χ0n) is 10.7. The van der Waals surface area contributed by atoms with E-state index in [0.29, 0.717) is 0 Å². The van der Waals surface area contributed by atoms with Crippen molar-refractivity contribution >= 4 is 22.9 Å². The molecule has 1 aromatic heterocycles. The minimum absolute atomic E-state index is 0.146. The molecule has 1 aromatic carbocycles. The van der Waals surface area contributed by atoms with E-state index in [0.717, 1.165) is 10.9 Å². The first-order valence-corrected chi connectivity index (χ1v) is 6.71. The lowest BCUT2D eigenvalue weighted by atomic mass is 10.1. The molecule has 0 aliphatic rings. The molecule has 3 N–H and O–H groups in total. The van der Waals surface area contributed by atoms with Crippen molar-refractivity contribution in [1.82, 2.24) is 0 Å². The Labute approximate surface area is 119 Å². The average molecular weight is 289 g/mol.